The maximum atomic E-state index is 5.89. The number of nitrogens with two attached hydrogens (primary N) is 2. The number of rotatable bonds is 4. The highest BCUT2D eigenvalue weighted by atomic mass is 14.6. The lowest BCUT2D eigenvalue weighted by Gasteiger charge is -2.08. The maximum Gasteiger partial charge on any atom is 0.0387 e. The summed E-state index contributed by atoms with van der Waals surface area (Å²) in [7, 11) is 0. The molecule has 82 valence electrons. The van der Waals surface area contributed by atoms with Gasteiger partial charge < -0.3 is 11.5 Å². The Morgan fingerprint density at radius 1 is 1.33 bits per heavy atom. The summed E-state index contributed by atoms with van der Waals surface area (Å²) in [6, 6.07) is 6.20. The first kappa shape index (κ1) is 11.8. The molecule has 0 saturated carbocycles. The molecule has 2 nitrogen and oxygen atoms in total. The Labute approximate surface area is 92.0 Å². The summed E-state index contributed by atoms with van der Waals surface area (Å²) >= 11 is 0. The average molecular weight is 204 g/mol. The van der Waals surface area contributed by atoms with Crippen molar-refractivity contribution in [1.82, 2.24) is 0 Å². The van der Waals surface area contributed by atoms with Gasteiger partial charge in [-0.25, -0.2) is 0 Å². The fourth-order valence-electron chi connectivity index (χ4n) is 1.40. The average Bonchev–Trinajstić information content (AvgIpc) is 2.20. The minimum absolute atomic E-state index is 0.534. The minimum atomic E-state index is 0.534. The van der Waals surface area contributed by atoms with Crippen LogP contribution in [-0.2, 0) is 0 Å². The van der Waals surface area contributed by atoms with E-state index in [4.69, 9.17) is 11.5 Å². The monoisotopic (exact) mass is 204 g/mol. The van der Waals surface area contributed by atoms with Crippen molar-refractivity contribution in [3.63, 3.8) is 0 Å². The summed E-state index contributed by atoms with van der Waals surface area (Å²) in [5.74, 6) is 0.534. The zero-order valence-corrected chi connectivity index (χ0v) is 9.53. The topological polar surface area (TPSA) is 52.0 Å². The molecule has 0 heterocycles. The highest BCUT2D eigenvalue weighted by Gasteiger charge is 2.01. The number of hydrogen-bond donors (Lipinski definition) is 2. The zero-order valence-electron chi connectivity index (χ0n) is 9.53. The first-order valence-corrected chi connectivity index (χ1v) is 5.41. The van der Waals surface area contributed by atoms with E-state index in [1.165, 1.54) is 5.56 Å². The second kappa shape index (κ2) is 5.56. The molecule has 0 radical (unpaired) electrons. The van der Waals surface area contributed by atoms with Gasteiger partial charge in [-0.15, -0.1) is 0 Å². The maximum absolute atomic E-state index is 5.89. The van der Waals surface area contributed by atoms with Gasteiger partial charge in [-0.2, -0.15) is 0 Å². The molecule has 2 heteroatoms. The highest BCUT2D eigenvalue weighted by molar-refractivity contribution is 5.65. The van der Waals surface area contributed by atoms with Gasteiger partial charge in [-0.3, -0.25) is 0 Å². The highest BCUT2D eigenvalue weighted by Crippen LogP contribution is 2.21. The summed E-state index contributed by atoms with van der Waals surface area (Å²) in [6.07, 6.45) is 5.01. The quantitative estimate of drug-likeness (QED) is 0.741. The third kappa shape index (κ3) is 3.40. The van der Waals surface area contributed by atoms with Crippen molar-refractivity contribution < 1.29 is 0 Å². The van der Waals surface area contributed by atoms with Crippen LogP contribution in [0.3, 0.4) is 0 Å². The summed E-state index contributed by atoms with van der Waals surface area (Å²) in [4.78, 5) is 0. The molecule has 0 aliphatic rings. The largest absolute Gasteiger partial charge is 0.398 e. The Kier molecular flexibility index (Phi) is 4.37. The molecule has 0 bridgehead atoms. The molecule has 0 aromatic heterocycles. The van der Waals surface area contributed by atoms with Crippen molar-refractivity contribution in [3.8, 4) is 0 Å². The molecular formula is C13H20N2. The zero-order chi connectivity index (χ0) is 11.3. The summed E-state index contributed by atoms with van der Waals surface area (Å²) in [5.41, 5.74) is 14.6. The Morgan fingerprint density at radius 3 is 2.67 bits per heavy atom. The number of anilines is 1. The predicted octanol–water partition coefficient (Wildman–Crippen LogP) is 2.75. The Morgan fingerprint density at radius 2 is 2.07 bits per heavy atom. The van der Waals surface area contributed by atoms with Crippen molar-refractivity contribution in [1.29, 1.82) is 0 Å². The van der Waals surface area contributed by atoms with Gasteiger partial charge in [0.05, 0.1) is 0 Å². The standard InChI is InChI=1S/C13H20N2/c1-10(2)11-6-7-13(15)12(9-11)5-3-4-8-14/h3,5-7,9-10H,4,8,14-15H2,1-2H3. The lowest BCUT2D eigenvalue weighted by Crippen LogP contribution is -1.96. The lowest BCUT2D eigenvalue weighted by molar-refractivity contribution is 0.866. The fourth-order valence-corrected chi connectivity index (χ4v) is 1.40. The third-order valence-corrected chi connectivity index (χ3v) is 2.41. The number of nitrogen functional groups attached to an aromatic ring is 1. The molecule has 0 fully saturated rings. The van der Waals surface area contributed by atoms with Crippen LogP contribution in [0.4, 0.5) is 5.69 Å². The van der Waals surface area contributed by atoms with Gasteiger partial charge in [0.1, 0.15) is 0 Å². The first-order valence-electron chi connectivity index (χ1n) is 5.41. The van der Waals surface area contributed by atoms with E-state index in [1.807, 2.05) is 12.1 Å². The van der Waals surface area contributed by atoms with Crippen molar-refractivity contribution in [2.24, 2.45) is 5.73 Å². The van der Waals surface area contributed by atoms with Crippen LogP contribution in [0.2, 0.25) is 0 Å². The summed E-state index contributed by atoms with van der Waals surface area (Å²) in [6.45, 7) is 5.04. The van der Waals surface area contributed by atoms with Crippen LogP contribution in [0.5, 0.6) is 0 Å². The molecule has 1 aromatic carbocycles. The van der Waals surface area contributed by atoms with E-state index in [0.29, 0.717) is 12.5 Å². The van der Waals surface area contributed by atoms with Gasteiger partial charge >= 0.3 is 0 Å². The van der Waals surface area contributed by atoms with E-state index >= 15 is 0 Å². The SMILES string of the molecule is CC(C)c1ccc(N)c(C=CCCN)c1. The third-order valence-electron chi connectivity index (χ3n) is 2.41. The van der Waals surface area contributed by atoms with Crippen LogP contribution < -0.4 is 11.5 Å². The second-order valence-corrected chi connectivity index (χ2v) is 4.02. The minimum Gasteiger partial charge on any atom is -0.398 e. The van der Waals surface area contributed by atoms with Gasteiger partial charge in [-0.05, 0) is 42.1 Å². The van der Waals surface area contributed by atoms with Gasteiger partial charge in [-0.1, -0.05) is 32.1 Å². The normalized spacial score (nSPS) is 11.5. The van der Waals surface area contributed by atoms with Gasteiger partial charge in [0.15, 0.2) is 0 Å². The Balaban J connectivity index is 2.90. The van der Waals surface area contributed by atoms with Crippen LogP contribution >= 0.6 is 0 Å². The number of hydrogen-bond acceptors (Lipinski definition) is 2. The van der Waals surface area contributed by atoms with Crippen LogP contribution in [0.1, 0.15) is 37.3 Å². The van der Waals surface area contributed by atoms with Gasteiger partial charge in [0.2, 0.25) is 0 Å². The molecule has 0 saturated heterocycles. The van der Waals surface area contributed by atoms with E-state index in [-0.39, 0.29) is 0 Å². The molecule has 4 N–H and O–H groups in total. The molecule has 0 amide bonds. The van der Waals surface area contributed by atoms with Crippen LogP contribution in [0.25, 0.3) is 6.08 Å². The molecule has 0 aliphatic heterocycles. The van der Waals surface area contributed by atoms with Crippen molar-refractivity contribution in [2.75, 3.05) is 12.3 Å². The van der Waals surface area contributed by atoms with Crippen LogP contribution in [-0.4, -0.2) is 6.54 Å². The first-order chi connectivity index (χ1) is 7.15. The van der Waals surface area contributed by atoms with Crippen LogP contribution in [0, 0.1) is 0 Å². The second-order valence-electron chi connectivity index (χ2n) is 4.02. The van der Waals surface area contributed by atoms with E-state index in [1.54, 1.807) is 0 Å². The van der Waals surface area contributed by atoms with Crippen molar-refractivity contribution in [2.45, 2.75) is 26.2 Å². The van der Waals surface area contributed by atoms with E-state index in [0.717, 1.165) is 17.7 Å². The van der Waals surface area contributed by atoms with Gasteiger partial charge in [0, 0.05) is 5.69 Å². The van der Waals surface area contributed by atoms with Gasteiger partial charge in [0.25, 0.3) is 0 Å². The predicted molar refractivity (Wildman–Crippen MR) is 67.6 cm³/mol. The Hall–Kier alpha value is -1.28. The lowest BCUT2D eigenvalue weighted by atomic mass is 9.99. The number of benzene rings is 1. The van der Waals surface area contributed by atoms with Crippen molar-refractivity contribution >= 4 is 11.8 Å². The molecule has 1 rings (SSSR count). The van der Waals surface area contributed by atoms with E-state index in [9.17, 15) is 0 Å². The summed E-state index contributed by atoms with van der Waals surface area (Å²) < 4.78 is 0. The van der Waals surface area contributed by atoms with E-state index < -0.39 is 0 Å². The molecule has 0 unspecified atom stereocenters. The Bertz CT molecular complexity index is 340. The molecule has 0 spiro atoms. The van der Waals surface area contributed by atoms with E-state index in [2.05, 4.69) is 32.1 Å². The molecule has 0 aliphatic carbocycles. The molecule has 15 heavy (non-hydrogen) atoms. The fraction of sp³-hybridized carbons (Fsp3) is 0.385. The van der Waals surface area contributed by atoms with Crippen LogP contribution in [0.15, 0.2) is 24.3 Å². The molecule has 0 atom stereocenters. The molecule has 1 aromatic rings. The molecular weight excluding hydrogens is 184 g/mol. The summed E-state index contributed by atoms with van der Waals surface area (Å²) in [5, 5.41) is 0. The van der Waals surface area contributed by atoms with Crippen molar-refractivity contribution in [3.05, 3.63) is 35.4 Å². The smallest absolute Gasteiger partial charge is 0.0387 e.